The van der Waals surface area contributed by atoms with Gasteiger partial charge in [-0.25, -0.2) is 0 Å². The average molecular weight is 280 g/mol. The first-order chi connectivity index (χ1) is 9.86. The molecule has 0 aliphatic heterocycles. The predicted molar refractivity (Wildman–Crippen MR) is 87.3 cm³/mol. The number of benzene rings is 2. The van der Waals surface area contributed by atoms with Crippen molar-refractivity contribution in [2.24, 2.45) is 0 Å². The number of anilines is 1. The fourth-order valence-electron chi connectivity index (χ4n) is 2.22. The molecule has 0 saturated heterocycles. The summed E-state index contributed by atoms with van der Waals surface area (Å²) in [5.41, 5.74) is 3.49. The van der Waals surface area contributed by atoms with Gasteiger partial charge in [-0.3, -0.25) is 4.98 Å². The van der Waals surface area contributed by atoms with Crippen molar-refractivity contribution in [2.75, 3.05) is 11.6 Å². The Bertz CT molecular complexity index is 725. The lowest BCUT2D eigenvalue weighted by Gasteiger charge is -2.10. The number of rotatable bonds is 4. The molecule has 3 rings (SSSR count). The summed E-state index contributed by atoms with van der Waals surface area (Å²) < 4.78 is 0. The van der Waals surface area contributed by atoms with Crippen molar-refractivity contribution >= 4 is 28.4 Å². The Morgan fingerprint density at radius 2 is 1.95 bits per heavy atom. The normalized spacial score (nSPS) is 10.7. The maximum absolute atomic E-state index is 4.34. The molecule has 3 heteroatoms. The fourth-order valence-corrected chi connectivity index (χ4v) is 2.80. The standard InChI is InChI=1S/C17H16N2S/c1-20-17-7-3-2-6-16(17)19-12-13-8-9-15-14(11-13)5-4-10-18-15/h2-11,19H,12H2,1H3. The molecule has 0 unspecified atom stereocenters. The number of nitrogens with zero attached hydrogens (tertiary/aromatic N) is 1. The van der Waals surface area contributed by atoms with Crippen LogP contribution in [-0.2, 0) is 6.54 Å². The molecule has 1 N–H and O–H groups in total. The van der Waals surface area contributed by atoms with Gasteiger partial charge in [0.2, 0.25) is 0 Å². The Morgan fingerprint density at radius 3 is 2.85 bits per heavy atom. The average Bonchev–Trinajstić information content (AvgIpc) is 2.53. The van der Waals surface area contributed by atoms with Gasteiger partial charge < -0.3 is 5.32 Å². The lowest BCUT2D eigenvalue weighted by molar-refractivity contribution is 1.13. The Balaban J connectivity index is 1.79. The van der Waals surface area contributed by atoms with Crippen LogP contribution >= 0.6 is 11.8 Å². The van der Waals surface area contributed by atoms with E-state index in [1.54, 1.807) is 11.8 Å². The third kappa shape index (κ3) is 2.78. The van der Waals surface area contributed by atoms with Crippen molar-refractivity contribution in [1.82, 2.24) is 4.98 Å². The number of pyridine rings is 1. The maximum Gasteiger partial charge on any atom is 0.0702 e. The molecule has 3 aromatic rings. The zero-order chi connectivity index (χ0) is 13.8. The van der Waals surface area contributed by atoms with Crippen molar-refractivity contribution < 1.29 is 0 Å². The minimum atomic E-state index is 0.822. The van der Waals surface area contributed by atoms with E-state index in [9.17, 15) is 0 Å². The predicted octanol–water partition coefficient (Wildman–Crippen LogP) is 4.57. The summed E-state index contributed by atoms with van der Waals surface area (Å²) in [6.45, 7) is 0.822. The van der Waals surface area contributed by atoms with Crippen LogP contribution in [0.2, 0.25) is 0 Å². The van der Waals surface area contributed by atoms with E-state index < -0.39 is 0 Å². The van der Waals surface area contributed by atoms with Crippen LogP contribution < -0.4 is 5.32 Å². The Morgan fingerprint density at radius 1 is 1.05 bits per heavy atom. The number of hydrogen-bond acceptors (Lipinski definition) is 3. The van der Waals surface area contributed by atoms with Crippen molar-refractivity contribution in [3.05, 3.63) is 66.4 Å². The molecule has 1 aromatic heterocycles. The second-order valence-electron chi connectivity index (χ2n) is 4.58. The summed E-state index contributed by atoms with van der Waals surface area (Å²) in [7, 11) is 0. The van der Waals surface area contributed by atoms with Crippen molar-refractivity contribution in [3.8, 4) is 0 Å². The summed E-state index contributed by atoms with van der Waals surface area (Å²) in [5.74, 6) is 0. The molecule has 0 radical (unpaired) electrons. The molecule has 0 amide bonds. The molecule has 0 aliphatic carbocycles. The molecular weight excluding hydrogens is 264 g/mol. The highest BCUT2D eigenvalue weighted by molar-refractivity contribution is 7.98. The summed E-state index contributed by atoms with van der Waals surface area (Å²) in [6.07, 6.45) is 3.93. The summed E-state index contributed by atoms with van der Waals surface area (Å²) in [6, 6.07) is 18.9. The first kappa shape index (κ1) is 13.0. The molecule has 0 saturated carbocycles. The van der Waals surface area contributed by atoms with Crippen LogP contribution in [0, 0.1) is 0 Å². The lowest BCUT2D eigenvalue weighted by atomic mass is 10.1. The van der Waals surface area contributed by atoms with Crippen LogP contribution in [0.25, 0.3) is 10.9 Å². The fraction of sp³-hybridized carbons (Fsp3) is 0.118. The van der Waals surface area contributed by atoms with E-state index in [1.165, 1.54) is 21.5 Å². The Labute approximate surface area is 123 Å². The molecule has 0 atom stereocenters. The van der Waals surface area contributed by atoms with E-state index in [-0.39, 0.29) is 0 Å². The first-order valence-electron chi connectivity index (χ1n) is 6.57. The van der Waals surface area contributed by atoms with Crippen LogP contribution in [0.1, 0.15) is 5.56 Å². The third-order valence-electron chi connectivity index (χ3n) is 3.26. The summed E-state index contributed by atoms with van der Waals surface area (Å²) in [4.78, 5) is 5.62. The highest BCUT2D eigenvalue weighted by atomic mass is 32.2. The number of para-hydroxylation sites is 1. The van der Waals surface area contributed by atoms with E-state index >= 15 is 0 Å². The summed E-state index contributed by atoms with van der Waals surface area (Å²) in [5, 5.41) is 4.69. The molecule has 1 heterocycles. The maximum atomic E-state index is 4.34. The Kier molecular flexibility index (Phi) is 3.88. The second-order valence-corrected chi connectivity index (χ2v) is 5.43. The minimum absolute atomic E-state index is 0.822. The number of fused-ring (bicyclic) bond motifs is 1. The molecule has 2 aromatic carbocycles. The van der Waals surface area contributed by atoms with E-state index in [0.29, 0.717) is 0 Å². The van der Waals surface area contributed by atoms with Crippen molar-refractivity contribution in [2.45, 2.75) is 11.4 Å². The molecule has 0 fully saturated rings. The van der Waals surface area contributed by atoms with Crippen LogP contribution in [0.15, 0.2) is 65.7 Å². The molecular formula is C17H16N2S. The van der Waals surface area contributed by atoms with Crippen molar-refractivity contribution in [1.29, 1.82) is 0 Å². The van der Waals surface area contributed by atoms with E-state index in [1.807, 2.05) is 12.3 Å². The van der Waals surface area contributed by atoms with Crippen LogP contribution in [0.5, 0.6) is 0 Å². The van der Waals surface area contributed by atoms with Gasteiger partial charge in [-0.1, -0.05) is 24.3 Å². The lowest BCUT2D eigenvalue weighted by Crippen LogP contribution is -2.00. The number of hydrogen-bond donors (Lipinski definition) is 1. The van der Waals surface area contributed by atoms with Gasteiger partial charge in [-0.2, -0.15) is 0 Å². The molecule has 0 aliphatic rings. The van der Waals surface area contributed by atoms with Gasteiger partial charge in [0.1, 0.15) is 0 Å². The quantitative estimate of drug-likeness (QED) is 0.709. The van der Waals surface area contributed by atoms with Gasteiger partial charge in [0.15, 0.2) is 0 Å². The van der Waals surface area contributed by atoms with E-state index in [0.717, 1.165) is 12.1 Å². The summed E-state index contributed by atoms with van der Waals surface area (Å²) >= 11 is 1.76. The van der Waals surface area contributed by atoms with E-state index in [4.69, 9.17) is 0 Å². The zero-order valence-corrected chi connectivity index (χ0v) is 12.2. The molecule has 20 heavy (non-hydrogen) atoms. The van der Waals surface area contributed by atoms with Crippen LogP contribution in [0.3, 0.4) is 0 Å². The van der Waals surface area contributed by atoms with Gasteiger partial charge in [-0.05, 0) is 42.2 Å². The smallest absolute Gasteiger partial charge is 0.0702 e. The topological polar surface area (TPSA) is 24.9 Å². The van der Waals surface area contributed by atoms with Gasteiger partial charge in [0.05, 0.1) is 5.52 Å². The highest BCUT2D eigenvalue weighted by Crippen LogP contribution is 2.25. The van der Waals surface area contributed by atoms with Crippen molar-refractivity contribution in [3.63, 3.8) is 0 Å². The van der Waals surface area contributed by atoms with Gasteiger partial charge in [0, 0.05) is 28.7 Å². The van der Waals surface area contributed by atoms with Crippen LogP contribution in [-0.4, -0.2) is 11.2 Å². The number of nitrogens with one attached hydrogen (secondary N) is 1. The van der Waals surface area contributed by atoms with E-state index in [2.05, 4.69) is 65.1 Å². The monoisotopic (exact) mass is 280 g/mol. The molecule has 2 nitrogen and oxygen atoms in total. The van der Waals surface area contributed by atoms with Crippen LogP contribution in [0.4, 0.5) is 5.69 Å². The number of thioether (sulfide) groups is 1. The van der Waals surface area contributed by atoms with Gasteiger partial charge in [-0.15, -0.1) is 11.8 Å². The second kappa shape index (κ2) is 5.97. The molecule has 0 bridgehead atoms. The molecule has 100 valence electrons. The SMILES string of the molecule is CSc1ccccc1NCc1ccc2ncccc2c1. The number of aromatic nitrogens is 1. The van der Waals surface area contributed by atoms with Gasteiger partial charge >= 0.3 is 0 Å². The Hall–Kier alpha value is -2.00. The highest BCUT2D eigenvalue weighted by Gasteiger charge is 2.01. The first-order valence-corrected chi connectivity index (χ1v) is 7.80. The van der Waals surface area contributed by atoms with Gasteiger partial charge in [0.25, 0.3) is 0 Å². The molecule has 0 spiro atoms. The largest absolute Gasteiger partial charge is 0.380 e. The minimum Gasteiger partial charge on any atom is -0.380 e. The third-order valence-corrected chi connectivity index (χ3v) is 4.05. The zero-order valence-electron chi connectivity index (χ0n) is 11.3.